The lowest BCUT2D eigenvalue weighted by Crippen LogP contribution is -2.41. The van der Waals surface area contributed by atoms with Crippen LogP contribution in [-0.4, -0.2) is 49.7 Å². The van der Waals surface area contributed by atoms with E-state index < -0.39 is 0 Å². The fourth-order valence-corrected chi connectivity index (χ4v) is 2.65. The fourth-order valence-electron chi connectivity index (χ4n) is 2.65. The average Bonchev–Trinajstić information content (AvgIpc) is 2.59. The van der Waals surface area contributed by atoms with Crippen molar-refractivity contribution in [3.8, 4) is 0 Å². The van der Waals surface area contributed by atoms with Crippen LogP contribution in [-0.2, 0) is 9.53 Å². The van der Waals surface area contributed by atoms with E-state index in [0.29, 0.717) is 6.61 Å². The Kier molecular flexibility index (Phi) is 8.07. The zero-order valence-corrected chi connectivity index (χ0v) is 12.8. The van der Waals surface area contributed by atoms with Gasteiger partial charge >= 0.3 is 5.97 Å². The van der Waals surface area contributed by atoms with Crippen LogP contribution in [0.4, 0.5) is 0 Å². The topological polar surface area (TPSA) is 41.6 Å². The Morgan fingerprint density at radius 2 is 2.16 bits per heavy atom. The van der Waals surface area contributed by atoms with Crippen LogP contribution in [0.25, 0.3) is 0 Å². The number of nitrogens with zero attached hydrogens (tertiary/aromatic N) is 1. The minimum Gasteiger partial charge on any atom is -0.465 e. The van der Waals surface area contributed by atoms with Gasteiger partial charge in [0.2, 0.25) is 0 Å². The molecule has 0 bridgehead atoms. The van der Waals surface area contributed by atoms with Crippen LogP contribution in [0.1, 0.15) is 46.5 Å². The second-order valence-electron chi connectivity index (χ2n) is 5.53. The molecule has 1 fully saturated rings. The highest BCUT2D eigenvalue weighted by Crippen LogP contribution is 2.16. The van der Waals surface area contributed by atoms with Crippen LogP contribution in [0.15, 0.2) is 0 Å². The van der Waals surface area contributed by atoms with Gasteiger partial charge in [0.1, 0.15) is 6.04 Å². The van der Waals surface area contributed by atoms with Crippen LogP contribution in [0, 0.1) is 5.92 Å². The third-order valence-electron chi connectivity index (χ3n) is 3.87. The van der Waals surface area contributed by atoms with Gasteiger partial charge in [0.15, 0.2) is 0 Å². The van der Waals surface area contributed by atoms with Gasteiger partial charge < -0.3 is 15.0 Å². The maximum atomic E-state index is 11.8. The van der Waals surface area contributed by atoms with E-state index in [1.165, 1.54) is 32.4 Å². The molecule has 112 valence electrons. The molecule has 1 heterocycles. The van der Waals surface area contributed by atoms with E-state index in [4.69, 9.17) is 4.74 Å². The van der Waals surface area contributed by atoms with Gasteiger partial charge in [-0.3, -0.25) is 4.79 Å². The summed E-state index contributed by atoms with van der Waals surface area (Å²) in [7, 11) is 0. The summed E-state index contributed by atoms with van der Waals surface area (Å²) in [4.78, 5) is 14.3. The van der Waals surface area contributed by atoms with E-state index in [9.17, 15) is 4.79 Å². The summed E-state index contributed by atoms with van der Waals surface area (Å²) in [5.74, 6) is 0.743. The Morgan fingerprint density at radius 3 is 2.84 bits per heavy atom. The van der Waals surface area contributed by atoms with Gasteiger partial charge in [0.05, 0.1) is 6.61 Å². The molecule has 0 aromatic heterocycles. The molecule has 1 aliphatic rings. The number of nitrogens with one attached hydrogen (secondary N) is 1. The number of esters is 1. The molecule has 1 saturated heterocycles. The molecule has 0 radical (unpaired) electrons. The molecule has 4 nitrogen and oxygen atoms in total. The predicted molar refractivity (Wildman–Crippen MR) is 78.2 cm³/mol. The molecule has 4 heteroatoms. The van der Waals surface area contributed by atoms with E-state index in [-0.39, 0.29) is 12.0 Å². The molecule has 0 saturated carbocycles. The number of likely N-dealkylation sites (N-methyl/N-ethyl adjacent to an activating group) is 1. The number of likely N-dealkylation sites (tertiary alicyclic amines) is 1. The number of carbonyl (C=O) groups is 1. The van der Waals surface area contributed by atoms with Crippen molar-refractivity contribution < 1.29 is 9.53 Å². The number of carbonyl (C=O) groups excluding carboxylic acids is 1. The smallest absolute Gasteiger partial charge is 0.323 e. The monoisotopic (exact) mass is 270 g/mol. The van der Waals surface area contributed by atoms with Crippen molar-refractivity contribution >= 4 is 5.97 Å². The van der Waals surface area contributed by atoms with Crippen LogP contribution < -0.4 is 5.32 Å². The molecule has 0 aromatic rings. The second kappa shape index (κ2) is 9.32. The summed E-state index contributed by atoms with van der Waals surface area (Å²) in [5.41, 5.74) is 0. The van der Waals surface area contributed by atoms with Crippen molar-refractivity contribution in [1.82, 2.24) is 10.2 Å². The van der Waals surface area contributed by atoms with Gasteiger partial charge in [-0.25, -0.2) is 0 Å². The Labute approximate surface area is 117 Å². The first kappa shape index (κ1) is 16.4. The van der Waals surface area contributed by atoms with E-state index in [1.807, 2.05) is 13.8 Å². The third-order valence-corrected chi connectivity index (χ3v) is 3.87. The number of hydrogen-bond donors (Lipinski definition) is 1. The lowest BCUT2D eigenvalue weighted by Gasteiger charge is -2.23. The molecule has 0 amide bonds. The lowest BCUT2D eigenvalue weighted by molar-refractivity contribution is -0.145. The molecule has 0 spiro atoms. The van der Waals surface area contributed by atoms with E-state index in [2.05, 4.69) is 17.1 Å². The Balaban J connectivity index is 2.35. The fraction of sp³-hybridized carbons (Fsp3) is 0.933. The Bertz CT molecular complexity index is 259. The Morgan fingerprint density at radius 1 is 1.37 bits per heavy atom. The van der Waals surface area contributed by atoms with Crippen LogP contribution in [0.3, 0.4) is 0 Å². The van der Waals surface area contributed by atoms with Gasteiger partial charge in [0.25, 0.3) is 0 Å². The molecular formula is C15H30N2O2. The average molecular weight is 270 g/mol. The molecule has 0 aliphatic carbocycles. The molecule has 0 aromatic carbocycles. The highest BCUT2D eigenvalue weighted by atomic mass is 16.5. The van der Waals surface area contributed by atoms with Gasteiger partial charge in [-0.15, -0.1) is 0 Å². The standard InChI is InChI=1S/C15H30N2O2/c1-4-16-14(15(18)19-5-2)9-12-17-10-6-7-13(3)8-11-17/h13-14,16H,4-12H2,1-3H3. The number of hydrogen-bond acceptors (Lipinski definition) is 4. The highest BCUT2D eigenvalue weighted by molar-refractivity contribution is 5.75. The molecule has 19 heavy (non-hydrogen) atoms. The first-order valence-electron chi connectivity index (χ1n) is 7.79. The van der Waals surface area contributed by atoms with Gasteiger partial charge in [-0.2, -0.15) is 0 Å². The summed E-state index contributed by atoms with van der Waals surface area (Å²) in [6, 6.07) is -0.148. The van der Waals surface area contributed by atoms with Gasteiger partial charge in [-0.1, -0.05) is 13.8 Å². The molecule has 1 aliphatic heterocycles. The molecule has 2 atom stereocenters. The quantitative estimate of drug-likeness (QED) is 0.719. The summed E-state index contributed by atoms with van der Waals surface area (Å²) in [6.45, 7) is 10.8. The first-order valence-corrected chi connectivity index (χ1v) is 7.79. The SMILES string of the molecule is CCNC(CCN1CCCC(C)CC1)C(=O)OCC. The number of rotatable bonds is 7. The van der Waals surface area contributed by atoms with Crippen LogP contribution in [0.5, 0.6) is 0 Å². The van der Waals surface area contributed by atoms with Crippen molar-refractivity contribution in [3.05, 3.63) is 0 Å². The molecule has 1 rings (SSSR count). The zero-order valence-electron chi connectivity index (χ0n) is 12.8. The summed E-state index contributed by atoms with van der Waals surface area (Å²) in [6.07, 6.45) is 4.75. The molecule has 1 N–H and O–H groups in total. The Hall–Kier alpha value is -0.610. The second-order valence-corrected chi connectivity index (χ2v) is 5.53. The van der Waals surface area contributed by atoms with Crippen LogP contribution >= 0.6 is 0 Å². The van der Waals surface area contributed by atoms with Crippen molar-refractivity contribution in [3.63, 3.8) is 0 Å². The first-order chi connectivity index (χ1) is 9.17. The molecule has 2 unspecified atom stereocenters. The summed E-state index contributed by atoms with van der Waals surface area (Å²) < 4.78 is 5.12. The van der Waals surface area contributed by atoms with E-state index >= 15 is 0 Å². The predicted octanol–water partition coefficient (Wildman–Crippen LogP) is 2.04. The maximum Gasteiger partial charge on any atom is 0.323 e. The minimum atomic E-state index is -0.148. The third kappa shape index (κ3) is 6.39. The maximum absolute atomic E-state index is 11.8. The summed E-state index contributed by atoms with van der Waals surface area (Å²) in [5, 5.41) is 3.23. The van der Waals surface area contributed by atoms with Gasteiger partial charge in [0, 0.05) is 6.54 Å². The zero-order chi connectivity index (χ0) is 14.1. The normalized spacial score (nSPS) is 22.8. The van der Waals surface area contributed by atoms with Gasteiger partial charge in [-0.05, 0) is 58.2 Å². The van der Waals surface area contributed by atoms with E-state index in [1.54, 1.807) is 0 Å². The largest absolute Gasteiger partial charge is 0.465 e. The van der Waals surface area contributed by atoms with Crippen molar-refractivity contribution in [2.45, 2.75) is 52.5 Å². The van der Waals surface area contributed by atoms with Crippen molar-refractivity contribution in [2.24, 2.45) is 5.92 Å². The van der Waals surface area contributed by atoms with Crippen molar-refractivity contribution in [1.29, 1.82) is 0 Å². The van der Waals surface area contributed by atoms with Crippen molar-refractivity contribution in [2.75, 3.05) is 32.8 Å². The highest BCUT2D eigenvalue weighted by Gasteiger charge is 2.20. The number of ether oxygens (including phenoxy) is 1. The minimum absolute atomic E-state index is 0.104. The van der Waals surface area contributed by atoms with Crippen LogP contribution in [0.2, 0.25) is 0 Å². The summed E-state index contributed by atoms with van der Waals surface area (Å²) >= 11 is 0. The molecular weight excluding hydrogens is 240 g/mol. The lowest BCUT2D eigenvalue weighted by atomic mass is 10.0. The van der Waals surface area contributed by atoms with E-state index in [0.717, 1.165) is 25.4 Å².